The highest BCUT2D eigenvalue weighted by Crippen LogP contribution is 2.16. The molecule has 62 valence electrons. The van der Waals surface area contributed by atoms with Crippen molar-refractivity contribution >= 4 is 0 Å². The predicted octanol–water partition coefficient (Wildman–Crippen LogP) is 1.46. The van der Waals surface area contributed by atoms with Gasteiger partial charge in [0.15, 0.2) is 6.29 Å². The maximum Gasteiger partial charge on any atom is 0.194 e. The zero-order chi connectivity index (χ0) is 8.27. The second-order valence-electron chi connectivity index (χ2n) is 2.50. The first-order chi connectivity index (χ1) is 5.18. The lowest BCUT2D eigenvalue weighted by atomic mass is 10.1. The number of aliphatic hydroxyl groups is 2. The van der Waals surface area contributed by atoms with Gasteiger partial charge in [-0.25, -0.2) is 0 Å². The van der Waals surface area contributed by atoms with Gasteiger partial charge in [0.25, 0.3) is 0 Å². The second-order valence-corrected chi connectivity index (χ2v) is 2.50. The van der Waals surface area contributed by atoms with Crippen LogP contribution in [0.15, 0.2) is 23.7 Å². The van der Waals surface area contributed by atoms with Gasteiger partial charge in [-0.1, -0.05) is 0 Å². The first-order valence-electron chi connectivity index (χ1n) is 3.63. The van der Waals surface area contributed by atoms with E-state index in [0.717, 1.165) is 6.42 Å². The standard InChI is InChI=1S/C8H12O3/c1-6(9)11-8-4-2-3-7(10)5-8/h4-6,9-10H,2-3H2,1H3. The molecule has 2 N–H and O–H groups in total. The van der Waals surface area contributed by atoms with Crippen molar-refractivity contribution in [2.45, 2.75) is 26.1 Å². The number of ether oxygens (including phenoxy) is 1. The summed E-state index contributed by atoms with van der Waals surface area (Å²) >= 11 is 0. The molecule has 0 aliphatic heterocycles. The Hall–Kier alpha value is -0.960. The van der Waals surface area contributed by atoms with Crippen LogP contribution in [0.25, 0.3) is 0 Å². The van der Waals surface area contributed by atoms with Crippen molar-refractivity contribution in [3.63, 3.8) is 0 Å². The molecule has 0 radical (unpaired) electrons. The van der Waals surface area contributed by atoms with Crippen LogP contribution in [-0.2, 0) is 4.74 Å². The molecule has 0 saturated carbocycles. The highest BCUT2D eigenvalue weighted by Gasteiger charge is 2.06. The number of hydrogen-bond acceptors (Lipinski definition) is 3. The van der Waals surface area contributed by atoms with Crippen LogP contribution in [0.3, 0.4) is 0 Å². The van der Waals surface area contributed by atoms with Gasteiger partial charge in [-0.3, -0.25) is 0 Å². The molecule has 0 heterocycles. The monoisotopic (exact) mass is 156 g/mol. The van der Waals surface area contributed by atoms with Gasteiger partial charge in [-0.15, -0.1) is 0 Å². The van der Waals surface area contributed by atoms with Crippen molar-refractivity contribution in [3.8, 4) is 0 Å². The Labute approximate surface area is 65.6 Å². The van der Waals surface area contributed by atoms with E-state index in [4.69, 9.17) is 14.9 Å². The van der Waals surface area contributed by atoms with Crippen molar-refractivity contribution in [2.75, 3.05) is 0 Å². The molecule has 0 bridgehead atoms. The molecule has 1 aliphatic carbocycles. The fourth-order valence-corrected chi connectivity index (χ4v) is 0.937. The number of rotatable bonds is 2. The number of hydrogen-bond donors (Lipinski definition) is 2. The molecular formula is C8H12O3. The van der Waals surface area contributed by atoms with Crippen LogP contribution in [0.2, 0.25) is 0 Å². The summed E-state index contributed by atoms with van der Waals surface area (Å²) in [6.45, 7) is 1.53. The maximum atomic E-state index is 9.05. The van der Waals surface area contributed by atoms with Gasteiger partial charge < -0.3 is 14.9 Å². The Balaban J connectivity index is 2.52. The lowest BCUT2D eigenvalue weighted by Crippen LogP contribution is -2.06. The minimum absolute atomic E-state index is 0.308. The van der Waals surface area contributed by atoms with Crippen molar-refractivity contribution in [1.82, 2.24) is 0 Å². The summed E-state index contributed by atoms with van der Waals surface area (Å²) in [6.07, 6.45) is 3.98. The predicted molar refractivity (Wildman–Crippen MR) is 40.8 cm³/mol. The van der Waals surface area contributed by atoms with Crippen LogP contribution in [-0.4, -0.2) is 16.5 Å². The second kappa shape index (κ2) is 3.44. The SMILES string of the molecule is CC(O)OC1=CCCC(O)=C1. The van der Waals surface area contributed by atoms with Gasteiger partial charge in [-0.2, -0.15) is 0 Å². The van der Waals surface area contributed by atoms with E-state index in [-0.39, 0.29) is 0 Å². The van der Waals surface area contributed by atoms with Crippen molar-refractivity contribution in [1.29, 1.82) is 0 Å². The molecule has 1 rings (SSSR count). The quantitative estimate of drug-likeness (QED) is 0.595. The van der Waals surface area contributed by atoms with Gasteiger partial charge in [0.05, 0.1) is 5.76 Å². The van der Waals surface area contributed by atoms with Crippen LogP contribution >= 0.6 is 0 Å². The molecule has 1 aliphatic rings. The van der Waals surface area contributed by atoms with Gasteiger partial charge in [0, 0.05) is 12.5 Å². The minimum atomic E-state index is -0.816. The Bertz CT molecular complexity index is 192. The third kappa shape index (κ3) is 2.63. The lowest BCUT2D eigenvalue weighted by Gasteiger charge is -2.12. The van der Waals surface area contributed by atoms with E-state index in [0.29, 0.717) is 17.9 Å². The lowest BCUT2D eigenvalue weighted by molar-refractivity contribution is -0.0459. The summed E-state index contributed by atoms with van der Waals surface area (Å²) < 4.78 is 4.94. The fraction of sp³-hybridized carbons (Fsp3) is 0.500. The molecule has 1 atom stereocenters. The third-order valence-electron chi connectivity index (χ3n) is 1.36. The summed E-state index contributed by atoms with van der Waals surface area (Å²) in [5.74, 6) is 0.854. The van der Waals surface area contributed by atoms with E-state index < -0.39 is 6.29 Å². The molecule has 0 aromatic carbocycles. The zero-order valence-corrected chi connectivity index (χ0v) is 6.45. The van der Waals surface area contributed by atoms with Crippen LogP contribution < -0.4 is 0 Å². The van der Waals surface area contributed by atoms with E-state index in [9.17, 15) is 0 Å². The molecule has 0 amide bonds. The topological polar surface area (TPSA) is 49.7 Å². The van der Waals surface area contributed by atoms with Crippen LogP contribution in [0, 0.1) is 0 Å². The smallest absolute Gasteiger partial charge is 0.194 e. The summed E-state index contributed by atoms with van der Waals surface area (Å²) in [4.78, 5) is 0. The maximum absolute atomic E-state index is 9.05. The highest BCUT2D eigenvalue weighted by molar-refractivity contribution is 5.19. The molecule has 0 fully saturated rings. The first kappa shape index (κ1) is 8.14. The van der Waals surface area contributed by atoms with Gasteiger partial charge in [-0.05, 0) is 19.4 Å². The largest absolute Gasteiger partial charge is 0.512 e. The Morgan fingerprint density at radius 1 is 1.64 bits per heavy atom. The van der Waals surface area contributed by atoms with Crippen molar-refractivity contribution in [2.24, 2.45) is 0 Å². The molecule has 1 unspecified atom stereocenters. The van der Waals surface area contributed by atoms with Crippen LogP contribution in [0.1, 0.15) is 19.8 Å². The summed E-state index contributed by atoms with van der Waals surface area (Å²) in [5, 5.41) is 17.9. The van der Waals surface area contributed by atoms with E-state index in [1.807, 2.05) is 6.08 Å². The van der Waals surface area contributed by atoms with Crippen molar-refractivity contribution < 1.29 is 14.9 Å². The van der Waals surface area contributed by atoms with E-state index in [1.54, 1.807) is 0 Å². The summed E-state index contributed by atoms with van der Waals surface area (Å²) in [6, 6.07) is 0. The fourth-order valence-electron chi connectivity index (χ4n) is 0.937. The Kier molecular flexibility index (Phi) is 2.54. The van der Waals surface area contributed by atoms with Crippen LogP contribution in [0.4, 0.5) is 0 Å². The summed E-state index contributed by atoms with van der Waals surface area (Å²) in [5.41, 5.74) is 0. The van der Waals surface area contributed by atoms with E-state index >= 15 is 0 Å². The zero-order valence-electron chi connectivity index (χ0n) is 6.45. The average Bonchev–Trinajstić information content (AvgIpc) is 1.85. The molecule has 0 spiro atoms. The molecular weight excluding hydrogens is 144 g/mol. The van der Waals surface area contributed by atoms with E-state index in [1.165, 1.54) is 13.0 Å². The average molecular weight is 156 g/mol. The van der Waals surface area contributed by atoms with Gasteiger partial charge >= 0.3 is 0 Å². The molecule has 3 nitrogen and oxygen atoms in total. The normalized spacial score (nSPS) is 20.2. The first-order valence-corrected chi connectivity index (χ1v) is 3.63. The highest BCUT2D eigenvalue weighted by atomic mass is 16.6. The number of aliphatic hydroxyl groups excluding tert-OH is 2. The van der Waals surface area contributed by atoms with Gasteiger partial charge in [0.2, 0.25) is 0 Å². The van der Waals surface area contributed by atoms with Crippen molar-refractivity contribution in [3.05, 3.63) is 23.7 Å². The van der Waals surface area contributed by atoms with Gasteiger partial charge in [0.1, 0.15) is 5.76 Å². The molecule has 0 aromatic heterocycles. The Morgan fingerprint density at radius 2 is 2.36 bits per heavy atom. The molecule has 0 aromatic rings. The molecule has 3 heteroatoms. The molecule has 0 saturated heterocycles. The van der Waals surface area contributed by atoms with E-state index in [2.05, 4.69) is 0 Å². The summed E-state index contributed by atoms with van der Waals surface area (Å²) in [7, 11) is 0. The molecule has 11 heavy (non-hydrogen) atoms. The minimum Gasteiger partial charge on any atom is -0.512 e. The van der Waals surface area contributed by atoms with Crippen LogP contribution in [0.5, 0.6) is 0 Å². The Morgan fingerprint density at radius 3 is 2.91 bits per heavy atom. The number of allylic oxidation sites excluding steroid dienone is 3. The third-order valence-corrected chi connectivity index (χ3v) is 1.36.